The number of aromatic nitrogens is 1. The molecule has 0 radical (unpaired) electrons. The molecule has 0 spiro atoms. The van der Waals surface area contributed by atoms with Crippen LogP contribution in [-0.4, -0.2) is 48.1 Å². The van der Waals surface area contributed by atoms with E-state index in [1.165, 1.54) is 0 Å². The first-order valence-corrected chi connectivity index (χ1v) is 7.46. The average molecular weight is 276 g/mol. The van der Waals surface area contributed by atoms with Crippen LogP contribution in [0.15, 0.2) is 24.4 Å². The summed E-state index contributed by atoms with van der Waals surface area (Å²) in [7, 11) is 0. The van der Waals surface area contributed by atoms with Crippen molar-refractivity contribution in [2.75, 3.05) is 31.1 Å². The Labute approximate surface area is 121 Å². The van der Waals surface area contributed by atoms with E-state index in [4.69, 9.17) is 0 Å². The van der Waals surface area contributed by atoms with E-state index in [2.05, 4.69) is 15.2 Å². The summed E-state index contributed by atoms with van der Waals surface area (Å²) < 4.78 is 0. The van der Waals surface area contributed by atoms with Gasteiger partial charge in [0.25, 0.3) is 0 Å². The van der Waals surface area contributed by atoms with Gasteiger partial charge in [0, 0.05) is 38.4 Å². The number of carbonyl (C=O) groups excluding carboxylic acids is 1. The Balaban J connectivity index is 1.81. The lowest BCUT2D eigenvalue weighted by molar-refractivity contribution is 0.196. The highest BCUT2D eigenvalue weighted by atomic mass is 16.2. The van der Waals surface area contributed by atoms with E-state index >= 15 is 0 Å². The first kappa shape index (κ1) is 14.6. The molecule has 1 aliphatic rings. The number of hydrogen-bond donors (Lipinski definition) is 1. The van der Waals surface area contributed by atoms with E-state index in [-0.39, 0.29) is 12.1 Å². The maximum Gasteiger partial charge on any atom is 0.317 e. The molecular formula is C15H24N4O. The third-order valence-corrected chi connectivity index (χ3v) is 3.85. The van der Waals surface area contributed by atoms with Crippen molar-refractivity contribution < 1.29 is 4.79 Å². The van der Waals surface area contributed by atoms with Gasteiger partial charge in [-0.2, -0.15) is 0 Å². The fraction of sp³-hybridized carbons (Fsp3) is 0.600. The first-order valence-electron chi connectivity index (χ1n) is 7.46. The third kappa shape index (κ3) is 3.62. The Kier molecular flexibility index (Phi) is 5.21. The molecule has 5 heteroatoms. The number of urea groups is 1. The number of pyridine rings is 1. The number of carbonyl (C=O) groups is 1. The summed E-state index contributed by atoms with van der Waals surface area (Å²) in [5.74, 6) is 1.03. The topological polar surface area (TPSA) is 48.5 Å². The van der Waals surface area contributed by atoms with E-state index in [1.807, 2.05) is 43.1 Å². The van der Waals surface area contributed by atoms with E-state index < -0.39 is 0 Å². The number of hydrogen-bond acceptors (Lipinski definition) is 3. The van der Waals surface area contributed by atoms with Gasteiger partial charge in [0.15, 0.2) is 0 Å². The Bertz CT molecular complexity index is 411. The van der Waals surface area contributed by atoms with Gasteiger partial charge >= 0.3 is 6.03 Å². The minimum atomic E-state index is 0.0614. The largest absolute Gasteiger partial charge is 0.356 e. The summed E-state index contributed by atoms with van der Waals surface area (Å²) in [4.78, 5) is 20.5. The zero-order valence-electron chi connectivity index (χ0n) is 12.4. The van der Waals surface area contributed by atoms with Crippen molar-refractivity contribution in [1.29, 1.82) is 0 Å². The van der Waals surface area contributed by atoms with Crippen molar-refractivity contribution >= 4 is 11.8 Å². The van der Waals surface area contributed by atoms with Crippen molar-refractivity contribution in [3.63, 3.8) is 0 Å². The van der Waals surface area contributed by atoms with Crippen LogP contribution in [0, 0.1) is 0 Å². The fourth-order valence-electron chi connectivity index (χ4n) is 2.57. The Morgan fingerprint density at radius 3 is 2.60 bits per heavy atom. The van der Waals surface area contributed by atoms with Gasteiger partial charge in [0.1, 0.15) is 5.82 Å². The van der Waals surface area contributed by atoms with Crippen LogP contribution in [0.25, 0.3) is 0 Å². The lowest BCUT2D eigenvalue weighted by atomic mass is 10.1. The van der Waals surface area contributed by atoms with Gasteiger partial charge in [-0.1, -0.05) is 6.07 Å². The highest BCUT2D eigenvalue weighted by molar-refractivity contribution is 5.74. The molecule has 0 aliphatic carbocycles. The highest BCUT2D eigenvalue weighted by Gasteiger charge is 2.22. The van der Waals surface area contributed by atoms with Crippen LogP contribution >= 0.6 is 0 Å². The van der Waals surface area contributed by atoms with Gasteiger partial charge < -0.3 is 15.1 Å². The van der Waals surface area contributed by atoms with Gasteiger partial charge in [-0.25, -0.2) is 9.78 Å². The lowest BCUT2D eigenvalue weighted by Crippen LogP contribution is -2.49. The molecule has 5 nitrogen and oxygen atoms in total. The van der Waals surface area contributed by atoms with Gasteiger partial charge in [0.05, 0.1) is 0 Å². The zero-order chi connectivity index (χ0) is 14.4. The molecule has 0 saturated carbocycles. The molecule has 1 aromatic heterocycles. The Morgan fingerprint density at radius 2 is 2.05 bits per heavy atom. The number of piperidine rings is 1. The van der Waals surface area contributed by atoms with E-state index in [1.54, 1.807) is 0 Å². The van der Waals surface area contributed by atoms with Crippen LogP contribution in [0.5, 0.6) is 0 Å². The second-order valence-electron chi connectivity index (χ2n) is 5.07. The molecule has 1 aromatic rings. The van der Waals surface area contributed by atoms with Gasteiger partial charge in [0.2, 0.25) is 0 Å². The number of nitrogens with one attached hydrogen (secondary N) is 1. The monoisotopic (exact) mass is 276 g/mol. The summed E-state index contributed by atoms with van der Waals surface area (Å²) in [6, 6.07) is 6.32. The standard InChI is InChI=1S/C15H24N4O/c1-3-18(4-2)15(20)17-13-8-11-19(12-9-13)14-7-5-6-10-16-14/h5-7,10,13H,3-4,8-9,11-12H2,1-2H3,(H,17,20). The summed E-state index contributed by atoms with van der Waals surface area (Å²) in [5, 5.41) is 3.13. The minimum absolute atomic E-state index is 0.0614. The van der Waals surface area contributed by atoms with Crippen molar-refractivity contribution in [1.82, 2.24) is 15.2 Å². The minimum Gasteiger partial charge on any atom is -0.356 e. The third-order valence-electron chi connectivity index (χ3n) is 3.85. The molecule has 1 saturated heterocycles. The molecule has 2 rings (SSSR count). The van der Waals surface area contributed by atoms with Crippen LogP contribution < -0.4 is 10.2 Å². The van der Waals surface area contributed by atoms with E-state index in [9.17, 15) is 4.79 Å². The molecule has 0 unspecified atom stereocenters. The summed E-state index contributed by atoms with van der Waals surface area (Å²) in [6.07, 6.45) is 3.77. The lowest BCUT2D eigenvalue weighted by Gasteiger charge is -2.34. The normalized spacial score (nSPS) is 16.0. The van der Waals surface area contributed by atoms with Crippen molar-refractivity contribution in [2.45, 2.75) is 32.7 Å². The SMILES string of the molecule is CCN(CC)C(=O)NC1CCN(c2ccccn2)CC1. The predicted molar refractivity (Wildman–Crippen MR) is 80.9 cm³/mol. The number of anilines is 1. The molecule has 20 heavy (non-hydrogen) atoms. The molecule has 1 N–H and O–H groups in total. The molecule has 0 bridgehead atoms. The Hall–Kier alpha value is -1.78. The van der Waals surface area contributed by atoms with Gasteiger partial charge in [-0.05, 0) is 38.8 Å². The molecule has 110 valence electrons. The molecule has 2 heterocycles. The van der Waals surface area contributed by atoms with Crippen LogP contribution in [-0.2, 0) is 0 Å². The van der Waals surface area contributed by atoms with Crippen molar-refractivity contribution in [3.8, 4) is 0 Å². The predicted octanol–water partition coefficient (Wildman–Crippen LogP) is 2.10. The van der Waals surface area contributed by atoms with E-state index in [0.29, 0.717) is 0 Å². The molecule has 2 amide bonds. The summed E-state index contributed by atoms with van der Waals surface area (Å²) in [6.45, 7) is 7.42. The maximum absolute atomic E-state index is 12.0. The Morgan fingerprint density at radius 1 is 1.35 bits per heavy atom. The molecular weight excluding hydrogens is 252 g/mol. The van der Waals surface area contributed by atoms with E-state index in [0.717, 1.165) is 44.8 Å². The molecule has 1 fully saturated rings. The summed E-state index contributed by atoms with van der Waals surface area (Å²) >= 11 is 0. The summed E-state index contributed by atoms with van der Waals surface area (Å²) in [5.41, 5.74) is 0. The first-order chi connectivity index (χ1) is 9.74. The van der Waals surface area contributed by atoms with Crippen LogP contribution in [0.4, 0.5) is 10.6 Å². The second kappa shape index (κ2) is 7.12. The van der Waals surface area contributed by atoms with Gasteiger partial charge in [-0.15, -0.1) is 0 Å². The second-order valence-corrected chi connectivity index (χ2v) is 5.07. The number of nitrogens with zero attached hydrogens (tertiary/aromatic N) is 3. The molecule has 0 aromatic carbocycles. The van der Waals surface area contributed by atoms with Crippen molar-refractivity contribution in [2.24, 2.45) is 0 Å². The zero-order valence-corrected chi connectivity index (χ0v) is 12.4. The molecule has 0 atom stereocenters. The van der Waals surface area contributed by atoms with Crippen LogP contribution in [0.3, 0.4) is 0 Å². The van der Waals surface area contributed by atoms with Crippen LogP contribution in [0.1, 0.15) is 26.7 Å². The molecule has 1 aliphatic heterocycles. The average Bonchev–Trinajstić information content (AvgIpc) is 2.50. The quantitative estimate of drug-likeness (QED) is 0.916. The van der Waals surface area contributed by atoms with Gasteiger partial charge in [-0.3, -0.25) is 0 Å². The fourth-order valence-corrected chi connectivity index (χ4v) is 2.57. The highest BCUT2D eigenvalue weighted by Crippen LogP contribution is 2.17. The number of amides is 2. The van der Waals surface area contributed by atoms with Crippen molar-refractivity contribution in [3.05, 3.63) is 24.4 Å². The van der Waals surface area contributed by atoms with Crippen LogP contribution in [0.2, 0.25) is 0 Å². The maximum atomic E-state index is 12.0. The smallest absolute Gasteiger partial charge is 0.317 e. The number of rotatable bonds is 4.